The van der Waals surface area contributed by atoms with Crippen molar-refractivity contribution in [2.45, 2.75) is 19.0 Å². The summed E-state index contributed by atoms with van der Waals surface area (Å²) in [5, 5.41) is 3.10. The fourth-order valence-corrected chi connectivity index (χ4v) is 2.29. The number of piperidine rings is 1. The first-order valence-electron chi connectivity index (χ1n) is 6.24. The van der Waals surface area contributed by atoms with Crippen LogP contribution in [-0.2, 0) is 0 Å². The van der Waals surface area contributed by atoms with Gasteiger partial charge in [-0.2, -0.15) is 13.2 Å². The average Bonchev–Trinajstić information content (AvgIpc) is 2.40. The summed E-state index contributed by atoms with van der Waals surface area (Å²) >= 11 is 5.72. The van der Waals surface area contributed by atoms with E-state index >= 15 is 0 Å². The monoisotopic (exact) mass is 306 g/mol. The summed E-state index contributed by atoms with van der Waals surface area (Å²) in [6, 6.07) is 5.90. The molecule has 7 heteroatoms. The van der Waals surface area contributed by atoms with Crippen LogP contribution in [-0.4, -0.2) is 30.2 Å². The van der Waals surface area contributed by atoms with Crippen molar-refractivity contribution >= 4 is 23.3 Å². The van der Waals surface area contributed by atoms with E-state index in [9.17, 15) is 18.0 Å². The standard InChI is InChI=1S/C13H14ClF3N2O/c14-10-3-5-11(6-4-10)18-12(20)19-7-1-2-9(8-19)13(15,16)17/h3-6,9H,1-2,7-8H2,(H,18,20). The lowest BCUT2D eigenvalue weighted by Gasteiger charge is -2.33. The van der Waals surface area contributed by atoms with E-state index in [2.05, 4.69) is 5.32 Å². The second kappa shape index (κ2) is 5.91. The van der Waals surface area contributed by atoms with Gasteiger partial charge < -0.3 is 10.2 Å². The normalized spacial score (nSPS) is 19.8. The minimum Gasteiger partial charge on any atom is -0.324 e. The Morgan fingerprint density at radius 3 is 2.55 bits per heavy atom. The highest BCUT2D eigenvalue weighted by molar-refractivity contribution is 6.30. The summed E-state index contributed by atoms with van der Waals surface area (Å²) in [5.41, 5.74) is 0.508. The molecular formula is C13H14ClF3N2O. The zero-order valence-corrected chi connectivity index (χ0v) is 11.3. The molecule has 1 aromatic carbocycles. The maximum atomic E-state index is 12.7. The number of halogens is 4. The Morgan fingerprint density at radius 1 is 1.30 bits per heavy atom. The number of rotatable bonds is 1. The first-order chi connectivity index (χ1) is 9.36. The van der Waals surface area contributed by atoms with E-state index in [4.69, 9.17) is 11.6 Å². The molecule has 1 N–H and O–H groups in total. The molecule has 1 aliphatic rings. The van der Waals surface area contributed by atoms with E-state index in [1.165, 1.54) is 4.90 Å². The lowest BCUT2D eigenvalue weighted by molar-refractivity contribution is -0.183. The minimum absolute atomic E-state index is 0.0776. The highest BCUT2D eigenvalue weighted by Gasteiger charge is 2.42. The van der Waals surface area contributed by atoms with Crippen molar-refractivity contribution in [3.05, 3.63) is 29.3 Å². The lowest BCUT2D eigenvalue weighted by Crippen LogP contribution is -2.46. The van der Waals surface area contributed by atoms with Crippen LogP contribution in [0.3, 0.4) is 0 Å². The van der Waals surface area contributed by atoms with E-state index in [1.54, 1.807) is 24.3 Å². The summed E-state index contributed by atoms with van der Waals surface area (Å²) in [4.78, 5) is 13.1. The third-order valence-corrected chi connectivity index (χ3v) is 3.52. The van der Waals surface area contributed by atoms with Crippen LogP contribution in [0.2, 0.25) is 5.02 Å². The summed E-state index contributed by atoms with van der Waals surface area (Å²) in [7, 11) is 0. The Balaban J connectivity index is 1.97. The first-order valence-corrected chi connectivity index (χ1v) is 6.62. The Labute approximate surface area is 119 Å². The van der Waals surface area contributed by atoms with Crippen LogP contribution in [0.4, 0.5) is 23.7 Å². The number of likely N-dealkylation sites (tertiary alicyclic amines) is 1. The molecule has 1 heterocycles. The quantitative estimate of drug-likeness (QED) is 0.830. The van der Waals surface area contributed by atoms with Gasteiger partial charge in [0.15, 0.2) is 0 Å². The molecule has 110 valence electrons. The molecule has 0 radical (unpaired) electrons. The second-order valence-electron chi connectivity index (χ2n) is 4.76. The number of alkyl halides is 3. The molecule has 1 fully saturated rings. The summed E-state index contributed by atoms with van der Waals surface area (Å²) in [6.07, 6.45) is -3.81. The largest absolute Gasteiger partial charge is 0.393 e. The van der Waals surface area contributed by atoms with Gasteiger partial charge in [0.05, 0.1) is 5.92 Å². The van der Waals surface area contributed by atoms with Gasteiger partial charge >= 0.3 is 12.2 Å². The zero-order chi connectivity index (χ0) is 14.8. The zero-order valence-electron chi connectivity index (χ0n) is 10.6. The Kier molecular flexibility index (Phi) is 4.42. The molecule has 0 aromatic heterocycles. The summed E-state index contributed by atoms with van der Waals surface area (Å²) < 4.78 is 38.0. The van der Waals surface area contributed by atoms with Crippen LogP contribution < -0.4 is 5.32 Å². The predicted octanol–water partition coefficient (Wildman–Crippen LogP) is 4.15. The molecule has 1 aliphatic heterocycles. The molecule has 1 aromatic rings. The van der Waals surface area contributed by atoms with E-state index in [-0.39, 0.29) is 13.0 Å². The maximum absolute atomic E-state index is 12.7. The molecule has 3 nitrogen and oxygen atoms in total. The molecule has 0 spiro atoms. The second-order valence-corrected chi connectivity index (χ2v) is 5.20. The average molecular weight is 307 g/mol. The molecule has 2 amide bonds. The fraction of sp³-hybridized carbons (Fsp3) is 0.462. The van der Waals surface area contributed by atoms with E-state index in [0.717, 1.165) is 0 Å². The van der Waals surface area contributed by atoms with Crippen LogP contribution in [0.25, 0.3) is 0 Å². The van der Waals surface area contributed by atoms with Crippen molar-refractivity contribution in [3.8, 4) is 0 Å². The summed E-state index contributed by atoms with van der Waals surface area (Å²) in [5.74, 6) is -1.44. The topological polar surface area (TPSA) is 32.3 Å². The van der Waals surface area contributed by atoms with Crippen LogP contribution >= 0.6 is 11.6 Å². The van der Waals surface area contributed by atoms with Crippen molar-refractivity contribution < 1.29 is 18.0 Å². The Hall–Kier alpha value is -1.43. The molecule has 0 saturated carbocycles. The first kappa shape index (κ1) is 15.0. The summed E-state index contributed by atoms with van der Waals surface area (Å²) in [6.45, 7) is 0.0505. The highest BCUT2D eigenvalue weighted by atomic mass is 35.5. The van der Waals surface area contributed by atoms with E-state index in [1.807, 2.05) is 0 Å². The SMILES string of the molecule is O=C(Nc1ccc(Cl)cc1)N1CCCC(C(F)(F)F)C1. The molecule has 0 aliphatic carbocycles. The highest BCUT2D eigenvalue weighted by Crippen LogP contribution is 2.33. The van der Waals surface area contributed by atoms with Crippen LogP contribution in [0.1, 0.15) is 12.8 Å². The van der Waals surface area contributed by atoms with Gasteiger partial charge in [0.1, 0.15) is 0 Å². The van der Waals surface area contributed by atoms with E-state index < -0.39 is 18.1 Å². The molecule has 1 atom stereocenters. The van der Waals surface area contributed by atoms with Gasteiger partial charge in [0.2, 0.25) is 0 Å². The van der Waals surface area contributed by atoms with Crippen molar-refractivity contribution in [1.29, 1.82) is 0 Å². The predicted molar refractivity (Wildman–Crippen MR) is 70.8 cm³/mol. The van der Waals surface area contributed by atoms with Crippen molar-refractivity contribution in [2.24, 2.45) is 5.92 Å². The van der Waals surface area contributed by atoms with Gasteiger partial charge in [-0.25, -0.2) is 4.79 Å². The van der Waals surface area contributed by atoms with Gasteiger partial charge in [-0.05, 0) is 37.1 Å². The third kappa shape index (κ3) is 3.79. The molecule has 2 rings (SSSR count). The number of nitrogens with zero attached hydrogens (tertiary/aromatic N) is 1. The molecule has 1 saturated heterocycles. The maximum Gasteiger partial charge on any atom is 0.393 e. The Morgan fingerprint density at radius 2 is 1.95 bits per heavy atom. The van der Waals surface area contributed by atoms with Crippen molar-refractivity contribution in [3.63, 3.8) is 0 Å². The number of anilines is 1. The fourth-order valence-electron chi connectivity index (χ4n) is 2.16. The van der Waals surface area contributed by atoms with E-state index in [0.29, 0.717) is 23.7 Å². The smallest absolute Gasteiger partial charge is 0.324 e. The number of benzene rings is 1. The van der Waals surface area contributed by atoms with Crippen LogP contribution in [0.5, 0.6) is 0 Å². The number of nitrogens with one attached hydrogen (secondary N) is 1. The number of carbonyl (C=O) groups excluding carboxylic acids is 1. The minimum atomic E-state index is -4.25. The van der Waals surface area contributed by atoms with Crippen molar-refractivity contribution in [1.82, 2.24) is 4.90 Å². The van der Waals surface area contributed by atoms with Gasteiger partial charge in [-0.3, -0.25) is 0 Å². The number of carbonyl (C=O) groups is 1. The molecule has 1 unspecified atom stereocenters. The molecular weight excluding hydrogens is 293 g/mol. The van der Waals surface area contributed by atoms with Gasteiger partial charge in [0, 0.05) is 23.8 Å². The molecule has 0 bridgehead atoms. The lowest BCUT2D eigenvalue weighted by atomic mass is 9.98. The van der Waals surface area contributed by atoms with Gasteiger partial charge in [-0.1, -0.05) is 11.6 Å². The number of hydrogen-bond acceptors (Lipinski definition) is 1. The van der Waals surface area contributed by atoms with Crippen molar-refractivity contribution in [2.75, 3.05) is 18.4 Å². The van der Waals surface area contributed by atoms with Gasteiger partial charge in [0.25, 0.3) is 0 Å². The molecule has 20 heavy (non-hydrogen) atoms. The van der Waals surface area contributed by atoms with Crippen LogP contribution in [0, 0.1) is 5.92 Å². The number of urea groups is 1. The third-order valence-electron chi connectivity index (χ3n) is 3.27. The van der Waals surface area contributed by atoms with Crippen LogP contribution in [0.15, 0.2) is 24.3 Å². The Bertz CT molecular complexity index is 475. The number of hydrogen-bond donors (Lipinski definition) is 1. The van der Waals surface area contributed by atoms with Gasteiger partial charge in [-0.15, -0.1) is 0 Å². The number of amides is 2.